The molecular formula is C37H31IrN2S2-. The summed E-state index contributed by atoms with van der Waals surface area (Å²) in [5.41, 5.74) is 12.1. The molecule has 5 heteroatoms. The number of nitrogens with zero attached hydrogens (tertiary/aromatic N) is 2. The normalized spacial score (nSPS) is 11.6. The van der Waals surface area contributed by atoms with Gasteiger partial charge in [-0.25, -0.2) is 0 Å². The first-order chi connectivity index (χ1) is 20.0. The number of hydrogen-bond acceptors (Lipinski definition) is 3. The molecule has 2 nitrogen and oxygen atoms in total. The van der Waals surface area contributed by atoms with Crippen LogP contribution in [-0.2, 0) is 20.1 Å². The Labute approximate surface area is 269 Å². The van der Waals surface area contributed by atoms with E-state index in [1.54, 1.807) is 22.7 Å². The van der Waals surface area contributed by atoms with Gasteiger partial charge in [0, 0.05) is 25.8 Å². The Bertz CT molecular complexity index is 1970. The van der Waals surface area contributed by atoms with E-state index in [-0.39, 0.29) is 20.1 Å². The molecule has 0 spiro atoms. The summed E-state index contributed by atoms with van der Waals surface area (Å²) >= 11 is 3.40. The van der Waals surface area contributed by atoms with Crippen LogP contribution in [0.25, 0.3) is 60.4 Å². The molecule has 0 amide bonds. The Kier molecular flexibility index (Phi) is 8.04. The Morgan fingerprint density at radius 3 is 2.12 bits per heavy atom. The maximum atomic E-state index is 5.30. The maximum absolute atomic E-state index is 5.30. The molecular weight excluding hydrogens is 729 g/mol. The van der Waals surface area contributed by atoms with Gasteiger partial charge >= 0.3 is 0 Å². The number of imidazole rings is 1. The van der Waals surface area contributed by atoms with Gasteiger partial charge < -0.3 is 4.57 Å². The van der Waals surface area contributed by atoms with E-state index in [0.29, 0.717) is 11.8 Å². The van der Waals surface area contributed by atoms with Crippen molar-refractivity contribution >= 4 is 43.8 Å². The van der Waals surface area contributed by atoms with Gasteiger partial charge in [0.25, 0.3) is 0 Å². The van der Waals surface area contributed by atoms with Crippen molar-refractivity contribution in [2.45, 2.75) is 39.5 Å². The van der Waals surface area contributed by atoms with Crippen LogP contribution in [0, 0.1) is 5.38 Å². The maximum Gasteiger partial charge on any atom is 0.0774 e. The molecule has 0 saturated heterocycles. The number of aromatic nitrogens is 2. The minimum Gasteiger partial charge on any atom is -0.333 e. The van der Waals surface area contributed by atoms with Crippen LogP contribution in [0.15, 0.2) is 102 Å². The Morgan fingerprint density at radius 2 is 1.43 bits per heavy atom. The van der Waals surface area contributed by atoms with E-state index >= 15 is 0 Å². The van der Waals surface area contributed by atoms with Gasteiger partial charge in [0.05, 0.1) is 16.9 Å². The third kappa shape index (κ3) is 4.99. The summed E-state index contributed by atoms with van der Waals surface area (Å²) < 4.78 is 3.65. The molecule has 7 aromatic rings. The van der Waals surface area contributed by atoms with E-state index < -0.39 is 0 Å². The number of rotatable bonds is 6. The van der Waals surface area contributed by atoms with E-state index in [9.17, 15) is 0 Å². The van der Waals surface area contributed by atoms with Crippen LogP contribution in [0.1, 0.15) is 50.7 Å². The van der Waals surface area contributed by atoms with Gasteiger partial charge in [-0.05, 0) is 86.3 Å². The second-order valence-corrected chi connectivity index (χ2v) is 12.9. The topological polar surface area (TPSA) is 17.8 Å². The average Bonchev–Trinajstić information content (AvgIpc) is 3.75. The van der Waals surface area contributed by atoms with Crippen molar-refractivity contribution in [2.24, 2.45) is 0 Å². The zero-order valence-corrected chi connectivity index (χ0v) is 28.0. The second kappa shape index (κ2) is 11.7. The van der Waals surface area contributed by atoms with Crippen LogP contribution < -0.4 is 0 Å². The van der Waals surface area contributed by atoms with Gasteiger partial charge in [0.15, 0.2) is 0 Å². The zero-order chi connectivity index (χ0) is 28.1. The van der Waals surface area contributed by atoms with Gasteiger partial charge in [0.2, 0.25) is 0 Å². The van der Waals surface area contributed by atoms with Gasteiger partial charge in [-0.3, -0.25) is 16.3 Å². The van der Waals surface area contributed by atoms with Gasteiger partial charge in [-0.1, -0.05) is 104 Å². The quantitative estimate of drug-likeness (QED) is 0.154. The standard InChI is InChI=1S/C37H31N2S2.Ir/c1-23(2)29-19-28(25-10-6-5-7-11-25)20-30(24(3)4)36(29)39-34-13-9-8-12-33(34)38-37(39)32-22-41-35-15-14-26(18-31(32)35)27-16-17-40-21-27;/h5-21,23-24H,1-4H3;/q-1;. The smallest absolute Gasteiger partial charge is 0.0774 e. The molecule has 1 radical (unpaired) electrons. The number of fused-ring (bicyclic) bond motifs is 2. The van der Waals surface area contributed by atoms with Crippen molar-refractivity contribution in [1.82, 2.24) is 9.55 Å². The molecule has 42 heavy (non-hydrogen) atoms. The molecule has 3 aromatic heterocycles. The summed E-state index contributed by atoms with van der Waals surface area (Å²) in [6.45, 7) is 9.21. The number of thiophene rings is 2. The summed E-state index contributed by atoms with van der Waals surface area (Å²) in [5.74, 6) is 1.61. The largest absolute Gasteiger partial charge is 0.333 e. The summed E-state index contributed by atoms with van der Waals surface area (Å²) in [6.07, 6.45) is 0. The van der Waals surface area contributed by atoms with Crippen LogP contribution in [0.3, 0.4) is 0 Å². The molecule has 0 N–H and O–H groups in total. The molecule has 0 aliphatic heterocycles. The molecule has 3 heterocycles. The van der Waals surface area contributed by atoms with Crippen molar-refractivity contribution in [3.63, 3.8) is 0 Å². The molecule has 0 aliphatic carbocycles. The first-order valence-electron chi connectivity index (χ1n) is 14.2. The molecule has 0 bridgehead atoms. The number of hydrogen-bond donors (Lipinski definition) is 0. The third-order valence-corrected chi connectivity index (χ3v) is 9.46. The summed E-state index contributed by atoms with van der Waals surface area (Å²) in [7, 11) is 0. The van der Waals surface area contributed by atoms with Crippen LogP contribution in [0.5, 0.6) is 0 Å². The van der Waals surface area contributed by atoms with E-state index in [1.165, 1.54) is 49.2 Å². The molecule has 0 aliphatic rings. The van der Waals surface area contributed by atoms with E-state index in [0.717, 1.165) is 22.4 Å². The monoisotopic (exact) mass is 760 g/mol. The molecule has 7 rings (SSSR count). The Morgan fingerprint density at radius 1 is 0.714 bits per heavy atom. The van der Waals surface area contributed by atoms with Crippen LogP contribution >= 0.6 is 22.7 Å². The van der Waals surface area contributed by atoms with Crippen molar-refractivity contribution in [2.75, 3.05) is 0 Å². The van der Waals surface area contributed by atoms with Crippen LogP contribution in [0.4, 0.5) is 0 Å². The van der Waals surface area contributed by atoms with Crippen LogP contribution in [0.2, 0.25) is 0 Å². The Balaban J connectivity index is 0.00000316. The second-order valence-electron chi connectivity index (χ2n) is 11.2. The van der Waals surface area contributed by atoms with Gasteiger partial charge in [0.1, 0.15) is 0 Å². The molecule has 0 unspecified atom stereocenters. The average molecular weight is 760 g/mol. The fourth-order valence-electron chi connectivity index (χ4n) is 5.79. The SMILES string of the molecule is CC(C)c1cc(-c2ccccc2)cc(C(C)C)c1-n1c(-c2[c-]sc3ccc(-c4ccsc4)cc23)nc2ccccc21.[Ir]. The van der Waals surface area contributed by atoms with E-state index in [2.05, 4.69) is 139 Å². The van der Waals surface area contributed by atoms with Gasteiger partial charge in [-0.2, -0.15) is 11.3 Å². The zero-order valence-electron chi connectivity index (χ0n) is 24.0. The van der Waals surface area contributed by atoms with Crippen molar-refractivity contribution < 1.29 is 20.1 Å². The molecule has 0 saturated carbocycles. The minimum absolute atomic E-state index is 0. The predicted molar refractivity (Wildman–Crippen MR) is 178 cm³/mol. The van der Waals surface area contributed by atoms with Gasteiger partial charge in [-0.15, -0.1) is 5.39 Å². The Hall–Kier alpha value is -3.34. The first-order valence-corrected chi connectivity index (χ1v) is 15.9. The van der Waals surface area contributed by atoms with E-state index in [1.807, 2.05) is 0 Å². The van der Waals surface area contributed by atoms with E-state index in [4.69, 9.17) is 4.98 Å². The van der Waals surface area contributed by atoms with Crippen molar-refractivity contribution in [3.8, 4) is 39.3 Å². The third-order valence-electron chi connectivity index (χ3n) is 7.89. The molecule has 4 aromatic carbocycles. The molecule has 0 atom stereocenters. The summed E-state index contributed by atoms with van der Waals surface area (Å²) in [5, 5.41) is 9.22. The number of para-hydroxylation sites is 2. The van der Waals surface area contributed by atoms with Crippen LogP contribution in [-0.4, -0.2) is 9.55 Å². The summed E-state index contributed by atoms with van der Waals surface area (Å²) in [4.78, 5) is 5.30. The minimum atomic E-state index is 0. The predicted octanol–water partition coefficient (Wildman–Crippen LogP) is 11.3. The van der Waals surface area contributed by atoms with Crippen molar-refractivity contribution in [3.05, 3.63) is 118 Å². The first kappa shape index (κ1) is 28.8. The molecule has 0 fully saturated rings. The molecule has 211 valence electrons. The number of benzene rings is 4. The fourth-order valence-corrected chi connectivity index (χ4v) is 7.27. The fraction of sp³-hybridized carbons (Fsp3) is 0.162. The summed E-state index contributed by atoms with van der Waals surface area (Å²) in [6, 6.07) is 33.0. The van der Waals surface area contributed by atoms with Crippen molar-refractivity contribution in [1.29, 1.82) is 0 Å².